The van der Waals surface area contributed by atoms with Crippen LogP contribution >= 0.6 is 0 Å². The van der Waals surface area contributed by atoms with Gasteiger partial charge in [-0.05, 0) is 37.8 Å². The highest BCUT2D eigenvalue weighted by molar-refractivity contribution is 5.90. The van der Waals surface area contributed by atoms with E-state index in [9.17, 15) is 9.59 Å². The lowest BCUT2D eigenvalue weighted by Gasteiger charge is -2.36. The number of hydrogen-bond donors (Lipinski definition) is 0. The first kappa shape index (κ1) is 16.3. The largest absolute Gasteiger partial charge is 0.335 e. The molecule has 4 heteroatoms. The molecule has 0 bridgehead atoms. The van der Waals surface area contributed by atoms with E-state index in [4.69, 9.17) is 0 Å². The van der Waals surface area contributed by atoms with Crippen LogP contribution in [0.2, 0.25) is 0 Å². The summed E-state index contributed by atoms with van der Waals surface area (Å²) in [6, 6.07) is 10.2. The molecular weight excluding hydrogens is 276 g/mol. The van der Waals surface area contributed by atoms with E-state index in [0.717, 1.165) is 25.8 Å². The van der Waals surface area contributed by atoms with E-state index in [1.165, 1.54) is 16.5 Å². The van der Waals surface area contributed by atoms with Gasteiger partial charge in [-0.25, -0.2) is 0 Å². The van der Waals surface area contributed by atoms with Crippen LogP contribution in [-0.4, -0.2) is 47.3 Å². The Labute approximate surface area is 132 Å². The topological polar surface area (TPSA) is 40.6 Å². The molecule has 1 atom stereocenters. The first-order valence-electron chi connectivity index (χ1n) is 7.68. The van der Waals surface area contributed by atoms with Gasteiger partial charge in [0.2, 0.25) is 11.8 Å². The number of benzene rings is 1. The van der Waals surface area contributed by atoms with Crippen molar-refractivity contribution >= 4 is 11.8 Å². The summed E-state index contributed by atoms with van der Waals surface area (Å²) in [4.78, 5) is 27.5. The molecule has 1 aromatic rings. The number of likely N-dealkylation sites (N-methyl/N-ethyl adjacent to an activating group) is 1. The second-order valence-corrected chi connectivity index (χ2v) is 6.21. The van der Waals surface area contributed by atoms with Crippen molar-refractivity contribution in [1.29, 1.82) is 0 Å². The molecule has 2 amide bonds. The number of likely N-dealkylation sites (tertiary alicyclic amines) is 1. The van der Waals surface area contributed by atoms with Gasteiger partial charge < -0.3 is 9.80 Å². The second kappa shape index (κ2) is 6.77. The molecule has 1 heterocycles. The smallest absolute Gasteiger partial charge is 0.246 e. The molecule has 0 spiro atoms. The van der Waals surface area contributed by atoms with Crippen molar-refractivity contribution in [3.05, 3.63) is 48.6 Å². The molecule has 1 fully saturated rings. The Morgan fingerprint density at radius 1 is 1.36 bits per heavy atom. The fourth-order valence-corrected chi connectivity index (χ4v) is 3.19. The molecule has 2 rings (SSSR count). The Morgan fingerprint density at radius 3 is 2.68 bits per heavy atom. The lowest BCUT2D eigenvalue weighted by molar-refractivity contribution is -0.140. The first-order valence-corrected chi connectivity index (χ1v) is 7.68. The minimum Gasteiger partial charge on any atom is -0.335 e. The molecule has 0 saturated carbocycles. The Kier molecular flexibility index (Phi) is 5.01. The van der Waals surface area contributed by atoms with Gasteiger partial charge in [0.15, 0.2) is 0 Å². The van der Waals surface area contributed by atoms with Crippen LogP contribution in [0.1, 0.15) is 25.3 Å². The molecule has 1 aliphatic heterocycles. The first-order chi connectivity index (χ1) is 10.5. The highest BCUT2D eigenvalue weighted by Gasteiger charge is 2.39. The monoisotopic (exact) mass is 300 g/mol. The Hall–Kier alpha value is -2.10. The minimum absolute atomic E-state index is 0.00799. The summed E-state index contributed by atoms with van der Waals surface area (Å²) in [7, 11) is 1.63. The van der Waals surface area contributed by atoms with E-state index >= 15 is 0 Å². The molecule has 1 aromatic carbocycles. The van der Waals surface area contributed by atoms with Gasteiger partial charge in [-0.2, -0.15) is 0 Å². The number of nitrogens with zero attached hydrogens (tertiary/aromatic N) is 2. The average Bonchev–Trinajstić information content (AvgIpc) is 2.88. The third-order valence-corrected chi connectivity index (χ3v) is 4.40. The van der Waals surface area contributed by atoms with Gasteiger partial charge in [0, 0.05) is 19.1 Å². The summed E-state index contributed by atoms with van der Waals surface area (Å²) in [6.45, 7) is 6.46. The Morgan fingerprint density at radius 2 is 2.05 bits per heavy atom. The van der Waals surface area contributed by atoms with Gasteiger partial charge in [0.25, 0.3) is 0 Å². The summed E-state index contributed by atoms with van der Waals surface area (Å²) in [5, 5.41) is 0. The molecule has 4 nitrogen and oxygen atoms in total. The predicted molar refractivity (Wildman–Crippen MR) is 87.3 cm³/mol. The summed E-state index contributed by atoms with van der Waals surface area (Å²) in [5.41, 5.74) is 1.07. The zero-order valence-electron chi connectivity index (χ0n) is 13.4. The normalized spacial score (nSPS) is 20.7. The van der Waals surface area contributed by atoms with E-state index in [2.05, 4.69) is 25.6 Å². The van der Waals surface area contributed by atoms with Crippen LogP contribution in [0, 0.1) is 0 Å². The average molecular weight is 300 g/mol. The molecule has 0 N–H and O–H groups in total. The number of hydrogen-bond acceptors (Lipinski definition) is 2. The minimum atomic E-state index is -0.225. The quantitative estimate of drug-likeness (QED) is 0.783. The number of amides is 2. The van der Waals surface area contributed by atoms with Crippen molar-refractivity contribution in [2.24, 2.45) is 0 Å². The van der Waals surface area contributed by atoms with Crippen molar-refractivity contribution in [1.82, 2.24) is 9.80 Å². The SMILES string of the molecule is C=CC(=O)N(C)CC(=O)N1CCCC1(C)Cc1ccccc1. The van der Waals surface area contributed by atoms with E-state index in [0.29, 0.717) is 0 Å². The van der Waals surface area contributed by atoms with Crippen LogP contribution in [0.3, 0.4) is 0 Å². The van der Waals surface area contributed by atoms with Crippen molar-refractivity contribution < 1.29 is 9.59 Å². The maximum atomic E-state index is 12.6. The maximum absolute atomic E-state index is 12.6. The van der Waals surface area contributed by atoms with Crippen LogP contribution in [0.5, 0.6) is 0 Å². The molecule has 0 radical (unpaired) electrons. The second-order valence-electron chi connectivity index (χ2n) is 6.21. The maximum Gasteiger partial charge on any atom is 0.246 e. The van der Waals surface area contributed by atoms with Crippen LogP contribution < -0.4 is 0 Å². The standard InChI is InChI=1S/C18H24N2O2/c1-4-16(21)19(3)14-17(22)20-12-8-11-18(20,2)13-15-9-6-5-7-10-15/h4-7,9-10H,1,8,11-14H2,2-3H3. The van der Waals surface area contributed by atoms with Gasteiger partial charge in [-0.3, -0.25) is 9.59 Å². The van der Waals surface area contributed by atoms with Gasteiger partial charge in [0.1, 0.15) is 0 Å². The summed E-state index contributed by atoms with van der Waals surface area (Å²) >= 11 is 0. The Balaban J connectivity index is 2.07. The molecule has 22 heavy (non-hydrogen) atoms. The van der Waals surface area contributed by atoms with Crippen molar-refractivity contribution in [3.8, 4) is 0 Å². The van der Waals surface area contributed by atoms with Crippen molar-refractivity contribution in [2.45, 2.75) is 31.7 Å². The van der Waals surface area contributed by atoms with Gasteiger partial charge in [-0.1, -0.05) is 36.9 Å². The van der Waals surface area contributed by atoms with Crippen LogP contribution in [-0.2, 0) is 16.0 Å². The van der Waals surface area contributed by atoms with Crippen molar-refractivity contribution in [2.75, 3.05) is 20.1 Å². The lowest BCUT2D eigenvalue weighted by Crippen LogP contribution is -2.50. The van der Waals surface area contributed by atoms with Crippen LogP contribution in [0.4, 0.5) is 0 Å². The van der Waals surface area contributed by atoms with Gasteiger partial charge in [-0.15, -0.1) is 0 Å². The lowest BCUT2D eigenvalue weighted by atomic mass is 9.90. The predicted octanol–water partition coefficient (Wildman–Crippen LogP) is 2.25. The number of carbonyl (C=O) groups is 2. The van der Waals surface area contributed by atoms with Crippen LogP contribution in [0.25, 0.3) is 0 Å². The zero-order chi connectivity index (χ0) is 16.2. The fourth-order valence-electron chi connectivity index (χ4n) is 3.19. The summed E-state index contributed by atoms with van der Waals surface area (Å²) in [6.07, 6.45) is 4.08. The van der Waals surface area contributed by atoms with Gasteiger partial charge >= 0.3 is 0 Å². The molecular formula is C18H24N2O2. The molecule has 0 aromatic heterocycles. The molecule has 0 aliphatic carbocycles. The fraction of sp³-hybridized carbons (Fsp3) is 0.444. The molecule has 1 unspecified atom stereocenters. The number of carbonyl (C=O) groups excluding carboxylic acids is 2. The van der Waals surface area contributed by atoms with Crippen molar-refractivity contribution in [3.63, 3.8) is 0 Å². The summed E-state index contributed by atoms with van der Waals surface area (Å²) < 4.78 is 0. The van der Waals surface area contributed by atoms with Crippen LogP contribution in [0.15, 0.2) is 43.0 Å². The highest BCUT2D eigenvalue weighted by atomic mass is 16.2. The molecule has 118 valence electrons. The highest BCUT2D eigenvalue weighted by Crippen LogP contribution is 2.32. The molecule has 1 aliphatic rings. The summed E-state index contributed by atoms with van der Waals surface area (Å²) in [5.74, 6) is -0.217. The number of rotatable bonds is 5. The third-order valence-electron chi connectivity index (χ3n) is 4.40. The zero-order valence-corrected chi connectivity index (χ0v) is 13.4. The van der Waals surface area contributed by atoms with E-state index < -0.39 is 0 Å². The third kappa shape index (κ3) is 3.56. The Bertz CT molecular complexity index is 555. The van der Waals surface area contributed by atoms with E-state index in [-0.39, 0.29) is 23.9 Å². The molecule has 1 saturated heterocycles. The van der Waals surface area contributed by atoms with E-state index in [1.807, 2.05) is 23.1 Å². The van der Waals surface area contributed by atoms with E-state index in [1.54, 1.807) is 7.05 Å². The van der Waals surface area contributed by atoms with Gasteiger partial charge in [0.05, 0.1) is 6.54 Å².